The van der Waals surface area contributed by atoms with Gasteiger partial charge in [-0.3, -0.25) is 43.2 Å². The summed E-state index contributed by atoms with van der Waals surface area (Å²) in [6.45, 7) is 35.8. The van der Waals surface area contributed by atoms with Gasteiger partial charge in [-0.25, -0.2) is 26.3 Å². The highest BCUT2D eigenvalue weighted by Crippen LogP contribution is 2.40. The smallest absolute Gasteiger partial charge is 0.416 e. The first kappa shape index (κ1) is 110. The number of nitrogens with one attached hydrogen (secondary N) is 3. The van der Waals surface area contributed by atoms with Crippen molar-refractivity contribution >= 4 is 35.3 Å². The zero-order valence-electron chi connectivity index (χ0n) is 82.1. The Morgan fingerprint density at radius 3 is 1.18 bits per heavy atom. The van der Waals surface area contributed by atoms with E-state index in [0.717, 1.165) is 90.4 Å². The zero-order chi connectivity index (χ0) is 100. The quantitative estimate of drug-likeness (QED) is 0.0264. The Morgan fingerprint density at radius 2 is 0.784 bits per heavy atom. The molecule has 0 unspecified atom stereocenters. The summed E-state index contributed by atoms with van der Waals surface area (Å²) >= 11 is 0. The van der Waals surface area contributed by atoms with E-state index in [0.29, 0.717) is 70.3 Å². The van der Waals surface area contributed by atoms with Crippen molar-refractivity contribution in [3.8, 4) is 33.4 Å². The van der Waals surface area contributed by atoms with E-state index in [2.05, 4.69) is 34.7 Å². The molecule has 28 heteroatoms. The lowest BCUT2D eigenvalue weighted by Gasteiger charge is -2.27. The fourth-order valence-corrected chi connectivity index (χ4v) is 17.3. The van der Waals surface area contributed by atoms with Crippen molar-refractivity contribution < 1.29 is 73.4 Å². The highest BCUT2D eigenvalue weighted by molar-refractivity contribution is 5.86. The van der Waals surface area contributed by atoms with Crippen LogP contribution < -0.4 is 32.6 Å². The summed E-state index contributed by atoms with van der Waals surface area (Å²) in [4.78, 5) is 124. The number of likely N-dealkylation sites (N-methyl/N-ethyl adjacent to an activating group) is 3. The molecule has 0 radical (unpaired) electrons. The van der Waals surface area contributed by atoms with Crippen LogP contribution in [0, 0.1) is 117 Å². The molecule has 0 aliphatic heterocycles. The van der Waals surface area contributed by atoms with Crippen LogP contribution in [0.3, 0.4) is 0 Å². The molecule has 0 aliphatic rings. The summed E-state index contributed by atoms with van der Waals surface area (Å²) in [6, 6.07) is 19.4. The van der Waals surface area contributed by atoms with Crippen molar-refractivity contribution in [2.45, 2.75) is 245 Å². The highest BCUT2D eigenvalue weighted by atomic mass is 19.4. The van der Waals surface area contributed by atoms with Gasteiger partial charge < -0.3 is 49.5 Å². The van der Waals surface area contributed by atoms with E-state index >= 15 is 13.2 Å². The van der Waals surface area contributed by atoms with Gasteiger partial charge in [0.1, 0.15) is 53.0 Å². The summed E-state index contributed by atoms with van der Waals surface area (Å²) < 4.78 is 135. The number of carbonyl (C=O) groups excluding carboxylic acids is 5. The van der Waals surface area contributed by atoms with Crippen molar-refractivity contribution in [1.82, 2.24) is 44.4 Å². The number of amides is 3. The zero-order valence-corrected chi connectivity index (χ0v) is 82.1. The second kappa shape index (κ2) is 48.2. The molecule has 9 aromatic rings. The van der Waals surface area contributed by atoms with Crippen LogP contribution in [0.5, 0.6) is 0 Å². The molecule has 3 amide bonds. The van der Waals surface area contributed by atoms with Crippen molar-refractivity contribution in [1.29, 1.82) is 0 Å². The minimum atomic E-state index is -4.78. The van der Waals surface area contributed by atoms with Crippen LogP contribution in [0.2, 0.25) is 0 Å². The first-order valence-electron chi connectivity index (χ1n) is 45.4. The lowest BCUT2D eigenvalue weighted by molar-refractivity contribution is -0.139. The summed E-state index contributed by atoms with van der Waals surface area (Å²) in [6.07, 6.45) is -2.06. The van der Waals surface area contributed by atoms with Gasteiger partial charge >= 0.3 is 12.1 Å². The van der Waals surface area contributed by atoms with Crippen LogP contribution in [0.1, 0.15) is 249 Å². The standard InChI is InChI=1S/C36H48FN3O3.C35H43F4N3O4.C35H43F4N3O3/c1-22(2)13-14-32(40-21-28(15-16-39(8)9)25(5)18-33(40)42)36(43)38-31(19-27(7)41)30-20-29(17-26(6)35(30)37)34-23(3)11-10-12-24(34)4;1-19(2)11-29(42-18-24(9-10-41(7)8)27(16-30(42)43)35(37,38)39)34(46)40-28(17-31(44)45)26-15-25(14-23(6)33(26)36)32-21(4)12-20(3)13-22(32)5;1-19(2)11-30(42-18-24(9-10-41(7)8)16-28(33(38)39)35(42)45)34(44)40-29(15-23(6)43)27-17-25(12-22(5)32(27)37)31-20(3)13-26(36)14-21(31)4/h10-12,17-18,20-22,31-32H,13-16,19H2,1-9H3,(H,38,43);12-16,18-19,28-29H,9-11,17H2,1-8H3,(H,40,46)(H,44,45);12-14,16-19,29-30,33H,9-11,15H2,1-8H3,(H,40,44)/t31-,32-;28-,29-;29-,30-/m000/s1. The maximum atomic E-state index is 15.8. The number of hydrogen-bond acceptors (Lipinski definition) is 12. The summed E-state index contributed by atoms with van der Waals surface area (Å²) in [5.74, 6) is -5.82. The molecule has 9 rings (SSSR count). The third-order valence-electron chi connectivity index (χ3n) is 23.9. The summed E-state index contributed by atoms with van der Waals surface area (Å²) in [5, 5.41) is 18.2. The van der Waals surface area contributed by atoms with Gasteiger partial charge in [-0.1, -0.05) is 77.4 Å². The van der Waals surface area contributed by atoms with Crippen LogP contribution in [0.25, 0.3) is 33.4 Å². The number of ketones is 2. The average Bonchev–Trinajstić information content (AvgIpc) is 0.786. The Bertz CT molecular complexity index is 5860. The third-order valence-corrected chi connectivity index (χ3v) is 23.9. The molecule has 3 aromatic heterocycles. The number of carboxylic acids is 1. The van der Waals surface area contributed by atoms with E-state index in [1.807, 2.05) is 125 Å². The van der Waals surface area contributed by atoms with Crippen LogP contribution in [-0.4, -0.2) is 131 Å². The number of halogens is 9. The topological polar surface area (TPSA) is 234 Å². The largest absolute Gasteiger partial charge is 0.481 e. The van der Waals surface area contributed by atoms with E-state index < -0.39 is 124 Å². The van der Waals surface area contributed by atoms with Crippen LogP contribution in [0.4, 0.5) is 39.5 Å². The normalized spacial score (nSPS) is 13.1. The molecule has 3 heterocycles. The lowest BCUT2D eigenvalue weighted by Crippen LogP contribution is -2.41. The van der Waals surface area contributed by atoms with Crippen molar-refractivity contribution in [2.24, 2.45) is 17.8 Å². The number of rotatable bonds is 38. The summed E-state index contributed by atoms with van der Waals surface area (Å²) in [7, 11) is 11.1. The Kier molecular flexibility index (Phi) is 39.4. The molecular formula is C106H134F9N9O10. The second-order valence-electron chi connectivity index (χ2n) is 38.1. The molecule has 6 aromatic carbocycles. The van der Waals surface area contributed by atoms with Gasteiger partial charge in [0.25, 0.3) is 23.1 Å². The van der Waals surface area contributed by atoms with Gasteiger partial charge in [0.2, 0.25) is 17.7 Å². The van der Waals surface area contributed by atoms with Crippen molar-refractivity contribution in [3.63, 3.8) is 0 Å². The predicted octanol–water partition coefficient (Wildman–Crippen LogP) is 20.9. The number of carboxylic acid groups (broad SMARTS) is 1. The molecule has 6 atom stereocenters. The van der Waals surface area contributed by atoms with Gasteiger partial charge in [0, 0.05) is 79.9 Å². The van der Waals surface area contributed by atoms with Gasteiger partial charge in [-0.2, -0.15) is 13.2 Å². The number of aliphatic carboxylic acids is 1. The number of nitrogens with zero attached hydrogens (tertiary/aromatic N) is 6. The SMILES string of the molecule is CC(=O)C[C@H](NC(=O)[C@H](CC(C)C)n1cc(CCN(C)C)cc(C(F)F)c1=O)c1cc(-c2c(C)cc(F)cc2C)cc(C)c1F.CC(=O)C[C@H](NC(=O)[C@H](CCC(C)C)n1cc(CCN(C)C)c(C)cc1=O)c1cc(-c2c(C)cccc2C)cc(C)c1F.Cc1cc(C)c(-c2cc(C)c(F)c([C@H](CC(=O)O)NC(=O)[C@H](CC(C)C)n3cc(CCN(C)C)c(C(F)(F)F)cc3=O)c2)c(C)c1. The fourth-order valence-electron chi connectivity index (χ4n) is 17.3. The lowest BCUT2D eigenvalue weighted by atomic mass is 9.89. The first-order chi connectivity index (χ1) is 62.5. The molecular weight excluding hydrogens is 1730 g/mol. The Morgan fingerprint density at radius 1 is 0.410 bits per heavy atom. The van der Waals surface area contributed by atoms with Crippen molar-refractivity contribution in [3.05, 3.63) is 276 Å². The number of benzene rings is 6. The van der Waals surface area contributed by atoms with Gasteiger partial charge in [0.15, 0.2) is 0 Å². The monoisotopic (exact) mass is 1860 g/mol. The van der Waals surface area contributed by atoms with Crippen molar-refractivity contribution in [2.75, 3.05) is 61.9 Å². The van der Waals surface area contributed by atoms with E-state index in [1.54, 1.807) is 104 Å². The van der Waals surface area contributed by atoms with E-state index in [-0.39, 0.29) is 101 Å². The number of pyridine rings is 3. The third kappa shape index (κ3) is 29.8. The number of hydrogen-bond donors (Lipinski definition) is 4. The van der Waals surface area contributed by atoms with Gasteiger partial charge in [0.05, 0.1) is 35.7 Å². The molecule has 0 fully saturated rings. The minimum absolute atomic E-state index is 0.0328. The average molecular weight is 1870 g/mol. The number of aromatic nitrogens is 3. The molecule has 0 spiro atoms. The second-order valence-corrected chi connectivity index (χ2v) is 38.1. The fraction of sp³-hybridized carbons (Fsp3) is 0.462. The van der Waals surface area contributed by atoms with Gasteiger partial charge in [-0.15, -0.1) is 0 Å². The van der Waals surface area contributed by atoms with Crippen LogP contribution in [-0.2, 0) is 54.2 Å². The molecule has 0 bridgehead atoms. The maximum absolute atomic E-state index is 15.8. The minimum Gasteiger partial charge on any atom is -0.481 e. The molecule has 0 aliphatic carbocycles. The molecule has 134 heavy (non-hydrogen) atoms. The molecule has 0 saturated heterocycles. The number of alkyl halides is 5. The first-order valence-corrected chi connectivity index (χ1v) is 45.4. The van der Waals surface area contributed by atoms with E-state index in [1.165, 1.54) is 48.9 Å². The van der Waals surface area contributed by atoms with Crippen LogP contribution in [0.15, 0.2) is 130 Å². The van der Waals surface area contributed by atoms with E-state index in [4.69, 9.17) is 0 Å². The molecule has 0 saturated carbocycles. The number of carbonyl (C=O) groups is 6. The maximum Gasteiger partial charge on any atom is 0.416 e. The molecule has 4 N–H and O–H groups in total. The Labute approximate surface area is 782 Å². The summed E-state index contributed by atoms with van der Waals surface area (Å²) in [5.41, 5.74) is 10.4. The van der Waals surface area contributed by atoms with Gasteiger partial charge in [-0.05, 0) is 355 Å². The van der Waals surface area contributed by atoms with Crippen LogP contribution >= 0.6 is 0 Å². The Hall–Kier alpha value is -11.4. The highest BCUT2D eigenvalue weighted by Gasteiger charge is 2.38. The number of aryl methyl sites for hydroxylation is 11. The molecule has 726 valence electrons. The predicted molar refractivity (Wildman–Crippen MR) is 512 cm³/mol. The Balaban J connectivity index is 0.000000274. The number of Topliss-reactive ketones (excluding diaryl/α,β-unsaturated/α-hetero) is 2. The molecule has 19 nitrogen and oxygen atoms in total. The van der Waals surface area contributed by atoms with E-state index in [9.17, 15) is 74.6 Å².